The molecular formula is C21H30IN3O4. The van der Waals surface area contributed by atoms with Crippen LogP contribution in [-0.2, 0) is 13.0 Å². The van der Waals surface area contributed by atoms with Crippen molar-refractivity contribution in [3.05, 3.63) is 47.5 Å². The quantitative estimate of drug-likeness (QED) is 0.304. The lowest BCUT2D eigenvalue weighted by Gasteiger charge is -2.17. The predicted octanol–water partition coefficient (Wildman–Crippen LogP) is 3.25. The maximum Gasteiger partial charge on any atom is 0.203 e. The van der Waals surface area contributed by atoms with Crippen LogP contribution in [0.1, 0.15) is 11.1 Å². The molecule has 0 unspecified atom stereocenters. The predicted molar refractivity (Wildman–Crippen MR) is 126 cm³/mol. The number of hydrogen-bond donors (Lipinski definition) is 2. The van der Waals surface area contributed by atoms with Crippen LogP contribution >= 0.6 is 24.0 Å². The standard InChI is InChI=1S/C21H29N3O4.HI/c1-22-21(23-13-12-15-8-6-7-9-17(15)25-2)24-14-16-10-11-18(26-3)20(28-5)19(16)27-4;/h6-11H,12-14H2,1-5H3,(H2,22,23,24);1H. The van der Waals surface area contributed by atoms with Crippen LogP contribution in [0.15, 0.2) is 41.4 Å². The van der Waals surface area contributed by atoms with Gasteiger partial charge >= 0.3 is 0 Å². The van der Waals surface area contributed by atoms with Gasteiger partial charge in [-0.3, -0.25) is 4.99 Å². The van der Waals surface area contributed by atoms with Crippen molar-refractivity contribution >= 4 is 29.9 Å². The van der Waals surface area contributed by atoms with Gasteiger partial charge in [0.05, 0.1) is 28.4 Å². The van der Waals surface area contributed by atoms with Crippen molar-refractivity contribution in [2.75, 3.05) is 42.0 Å². The van der Waals surface area contributed by atoms with Crippen molar-refractivity contribution in [2.24, 2.45) is 4.99 Å². The van der Waals surface area contributed by atoms with Crippen LogP contribution < -0.4 is 29.6 Å². The number of methoxy groups -OCH3 is 4. The molecule has 0 atom stereocenters. The Labute approximate surface area is 189 Å². The van der Waals surface area contributed by atoms with E-state index in [9.17, 15) is 0 Å². The molecule has 0 radical (unpaired) electrons. The minimum atomic E-state index is 0. The highest BCUT2D eigenvalue weighted by Crippen LogP contribution is 2.39. The zero-order valence-corrected chi connectivity index (χ0v) is 19.9. The van der Waals surface area contributed by atoms with Gasteiger partial charge in [-0.25, -0.2) is 0 Å². The number of rotatable bonds is 9. The first-order valence-electron chi connectivity index (χ1n) is 9.02. The van der Waals surface area contributed by atoms with Gasteiger partial charge in [-0.05, 0) is 30.2 Å². The Kier molecular flexibility index (Phi) is 11.0. The van der Waals surface area contributed by atoms with Gasteiger partial charge in [-0.1, -0.05) is 18.2 Å². The fourth-order valence-corrected chi connectivity index (χ4v) is 2.93. The Hall–Kier alpha value is -2.36. The van der Waals surface area contributed by atoms with Gasteiger partial charge in [-0.15, -0.1) is 24.0 Å². The van der Waals surface area contributed by atoms with E-state index in [-0.39, 0.29) is 24.0 Å². The zero-order chi connectivity index (χ0) is 20.4. The van der Waals surface area contributed by atoms with Crippen molar-refractivity contribution in [2.45, 2.75) is 13.0 Å². The molecule has 2 N–H and O–H groups in total. The van der Waals surface area contributed by atoms with Gasteiger partial charge in [0, 0.05) is 25.7 Å². The number of para-hydroxylation sites is 1. The second-order valence-electron chi connectivity index (χ2n) is 5.91. The van der Waals surface area contributed by atoms with Gasteiger partial charge in [0.15, 0.2) is 17.5 Å². The van der Waals surface area contributed by atoms with E-state index in [1.165, 1.54) is 0 Å². The molecule has 2 aromatic carbocycles. The van der Waals surface area contributed by atoms with Crippen LogP contribution in [0, 0.1) is 0 Å². The Morgan fingerprint density at radius 2 is 1.48 bits per heavy atom. The monoisotopic (exact) mass is 515 g/mol. The summed E-state index contributed by atoms with van der Waals surface area (Å²) in [5.74, 6) is 3.43. The van der Waals surface area contributed by atoms with Gasteiger partial charge in [-0.2, -0.15) is 0 Å². The summed E-state index contributed by atoms with van der Waals surface area (Å²) in [6, 6.07) is 11.8. The summed E-state index contributed by atoms with van der Waals surface area (Å²) in [6.45, 7) is 1.25. The molecule has 8 heteroatoms. The topological polar surface area (TPSA) is 73.3 Å². The normalized spacial score (nSPS) is 10.6. The molecule has 0 saturated carbocycles. The highest BCUT2D eigenvalue weighted by molar-refractivity contribution is 14.0. The molecule has 0 saturated heterocycles. The Bertz CT molecular complexity index is 799. The first-order chi connectivity index (χ1) is 13.7. The number of benzene rings is 2. The molecule has 0 heterocycles. The minimum Gasteiger partial charge on any atom is -0.496 e. The third kappa shape index (κ3) is 6.59. The van der Waals surface area contributed by atoms with E-state index in [1.807, 2.05) is 30.3 Å². The number of guanidine groups is 1. The molecule has 0 aliphatic rings. The largest absolute Gasteiger partial charge is 0.496 e. The summed E-state index contributed by atoms with van der Waals surface area (Å²) in [5, 5.41) is 6.61. The third-order valence-electron chi connectivity index (χ3n) is 4.33. The van der Waals surface area contributed by atoms with Crippen molar-refractivity contribution < 1.29 is 18.9 Å². The van der Waals surface area contributed by atoms with Crippen molar-refractivity contribution in [3.8, 4) is 23.0 Å². The molecule has 0 aromatic heterocycles. The van der Waals surface area contributed by atoms with Crippen molar-refractivity contribution in [1.29, 1.82) is 0 Å². The fraction of sp³-hybridized carbons (Fsp3) is 0.381. The first kappa shape index (κ1) is 24.7. The van der Waals surface area contributed by atoms with Crippen LogP contribution in [0.2, 0.25) is 0 Å². The summed E-state index contributed by atoms with van der Waals surface area (Å²) in [7, 11) is 8.23. The molecule has 0 aliphatic heterocycles. The lowest BCUT2D eigenvalue weighted by molar-refractivity contribution is 0.322. The van der Waals surface area contributed by atoms with Gasteiger partial charge in [0.2, 0.25) is 5.75 Å². The second-order valence-corrected chi connectivity index (χ2v) is 5.91. The van der Waals surface area contributed by atoms with E-state index in [1.54, 1.807) is 35.5 Å². The van der Waals surface area contributed by atoms with E-state index in [0.717, 1.165) is 29.8 Å². The molecular weight excluding hydrogens is 485 g/mol. The molecule has 0 fully saturated rings. The lowest BCUT2D eigenvalue weighted by atomic mass is 10.1. The number of hydrogen-bond acceptors (Lipinski definition) is 5. The molecule has 0 spiro atoms. The maximum atomic E-state index is 5.52. The number of halogens is 1. The Balaban J connectivity index is 0.00000420. The molecule has 0 aliphatic carbocycles. The highest BCUT2D eigenvalue weighted by Gasteiger charge is 2.15. The van der Waals surface area contributed by atoms with Crippen molar-refractivity contribution in [1.82, 2.24) is 10.6 Å². The molecule has 160 valence electrons. The number of ether oxygens (including phenoxy) is 4. The fourth-order valence-electron chi connectivity index (χ4n) is 2.93. The van der Waals surface area contributed by atoms with Crippen LogP contribution in [0.5, 0.6) is 23.0 Å². The SMILES string of the molecule is CN=C(NCCc1ccccc1OC)NCc1ccc(OC)c(OC)c1OC.I. The highest BCUT2D eigenvalue weighted by atomic mass is 127. The summed E-state index contributed by atoms with van der Waals surface area (Å²) >= 11 is 0. The van der Waals surface area contributed by atoms with Crippen molar-refractivity contribution in [3.63, 3.8) is 0 Å². The van der Waals surface area contributed by atoms with E-state index in [2.05, 4.69) is 21.7 Å². The minimum absolute atomic E-state index is 0. The number of nitrogens with zero attached hydrogens (tertiary/aromatic N) is 1. The molecule has 0 bridgehead atoms. The molecule has 7 nitrogen and oxygen atoms in total. The van der Waals surface area contributed by atoms with Crippen LogP contribution in [-0.4, -0.2) is 48.0 Å². The Morgan fingerprint density at radius 1 is 0.793 bits per heavy atom. The molecule has 0 amide bonds. The second kappa shape index (κ2) is 13.0. The van der Waals surface area contributed by atoms with E-state index in [4.69, 9.17) is 18.9 Å². The summed E-state index contributed by atoms with van der Waals surface area (Å²) in [4.78, 5) is 4.28. The van der Waals surface area contributed by atoms with Gasteiger partial charge < -0.3 is 29.6 Å². The summed E-state index contributed by atoms with van der Waals surface area (Å²) in [6.07, 6.45) is 0.824. The maximum absolute atomic E-state index is 5.52. The first-order valence-corrected chi connectivity index (χ1v) is 9.02. The number of aliphatic imine (C=N–C) groups is 1. The average molecular weight is 515 g/mol. The van der Waals surface area contributed by atoms with Crippen LogP contribution in [0.25, 0.3) is 0 Å². The van der Waals surface area contributed by atoms with Gasteiger partial charge in [0.1, 0.15) is 5.75 Å². The van der Waals surface area contributed by atoms with Crippen LogP contribution in [0.3, 0.4) is 0 Å². The van der Waals surface area contributed by atoms with Crippen LogP contribution in [0.4, 0.5) is 0 Å². The average Bonchev–Trinajstić information content (AvgIpc) is 2.75. The Morgan fingerprint density at radius 3 is 2.10 bits per heavy atom. The van der Waals surface area contributed by atoms with E-state index >= 15 is 0 Å². The zero-order valence-electron chi connectivity index (χ0n) is 17.6. The van der Waals surface area contributed by atoms with Gasteiger partial charge in [0.25, 0.3) is 0 Å². The third-order valence-corrected chi connectivity index (χ3v) is 4.33. The molecule has 2 rings (SSSR count). The van der Waals surface area contributed by atoms with E-state index in [0.29, 0.717) is 29.8 Å². The molecule has 29 heavy (non-hydrogen) atoms. The summed E-state index contributed by atoms with van der Waals surface area (Å²) in [5.41, 5.74) is 2.09. The number of nitrogens with one attached hydrogen (secondary N) is 2. The smallest absolute Gasteiger partial charge is 0.203 e. The summed E-state index contributed by atoms with van der Waals surface area (Å²) < 4.78 is 21.7. The molecule has 2 aromatic rings. The lowest BCUT2D eigenvalue weighted by Crippen LogP contribution is -2.38. The van der Waals surface area contributed by atoms with E-state index < -0.39 is 0 Å².